The fraction of sp³-hybridized carbons (Fsp3) is 0.158. The predicted octanol–water partition coefficient (Wildman–Crippen LogP) is 10.6. The van der Waals surface area contributed by atoms with Gasteiger partial charge in [0, 0.05) is 23.5 Å². The zero-order valence-electron chi connectivity index (χ0n) is 22.9. The van der Waals surface area contributed by atoms with E-state index in [1.54, 1.807) is 0 Å². The molecule has 0 spiro atoms. The molecule has 2 heteroatoms. The molecule has 3 aliphatic rings. The Bertz CT molecular complexity index is 1870. The van der Waals surface area contributed by atoms with E-state index in [9.17, 15) is 0 Å². The van der Waals surface area contributed by atoms with E-state index in [-0.39, 0.29) is 0 Å². The highest BCUT2D eigenvalue weighted by molar-refractivity contribution is 8.00. The second-order valence-corrected chi connectivity index (χ2v) is 12.5. The van der Waals surface area contributed by atoms with Crippen molar-refractivity contribution >= 4 is 46.1 Å². The predicted molar refractivity (Wildman–Crippen MR) is 173 cm³/mol. The minimum atomic E-state index is 0.348. The van der Waals surface area contributed by atoms with Crippen molar-refractivity contribution in [1.29, 1.82) is 0 Å². The summed E-state index contributed by atoms with van der Waals surface area (Å²) in [6, 6.07) is 38.1. The van der Waals surface area contributed by atoms with Gasteiger partial charge in [-0.15, -0.1) is 11.8 Å². The van der Waals surface area contributed by atoms with Crippen LogP contribution >= 0.6 is 11.8 Å². The van der Waals surface area contributed by atoms with Crippen molar-refractivity contribution in [3.8, 4) is 11.1 Å². The van der Waals surface area contributed by atoms with Crippen molar-refractivity contribution in [3.05, 3.63) is 142 Å². The molecule has 0 amide bonds. The number of hydrogen-bond acceptors (Lipinski definition) is 2. The topological polar surface area (TPSA) is 3.24 Å². The van der Waals surface area contributed by atoms with Gasteiger partial charge >= 0.3 is 0 Å². The van der Waals surface area contributed by atoms with E-state index in [1.807, 2.05) is 0 Å². The normalized spacial score (nSPS) is 18.9. The van der Waals surface area contributed by atoms with Crippen molar-refractivity contribution in [3.63, 3.8) is 0 Å². The Morgan fingerprint density at radius 1 is 0.600 bits per heavy atom. The molecule has 1 heterocycles. The van der Waals surface area contributed by atoms with Gasteiger partial charge in [-0.2, -0.15) is 0 Å². The van der Waals surface area contributed by atoms with E-state index in [4.69, 9.17) is 0 Å². The fourth-order valence-corrected chi connectivity index (χ4v) is 8.58. The Kier molecular flexibility index (Phi) is 5.53. The number of para-hydroxylation sites is 1. The smallest absolute Gasteiger partial charge is 0.0523 e. The first-order valence-corrected chi connectivity index (χ1v) is 15.2. The molecule has 2 unspecified atom stereocenters. The van der Waals surface area contributed by atoms with E-state index in [0.29, 0.717) is 10.5 Å². The van der Waals surface area contributed by atoms with Gasteiger partial charge in [-0.1, -0.05) is 114 Å². The minimum absolute atomic E-state index is 0.348. The van der Waals surface area contributed by atoms with Gasteiger partial charge in [-0.3, -0.25) is 0 Å². The lowest BCUT2D eigenvalue weighted by Gasteiger charge is -2.25. The summed E-state index contributed by atoms with van der Waals surface area (Å²) in [6.45, 7) is 5.69. The molecule has 0 bridgehead atoms. The Labute approximate surface area is 240 Å². The van der Waals surface area contributed by atoms with Gasteiger partial charge in [0.1, 0.15) is 0 Å². The molecule has 0 N–H and O–H groups in total. The van der Waals surface area contributed by atoms with Crippen LogP contribution < -0.4 is 4.90 Å². The lowest BCUT2D eigenvalue weighted by Crippen LogP contribution is -2.14. The van der Waals surface area contributed by atoms with Crippen LogP contribution in [0.5, 0.6) is 0 Å². The third-order valence-electron chi connectivity index (χ3n) is 8.92. The maximum atomic E-state index is 2.53. The zero-order chi connectivity index (χ0) is 26.8. The molecule has 0 radical (unpaired) electrons. The van der Waals surface area contributed by atoms with Crippen LogP contribution in [-0.4, -0.2) is 6.54 Å². The average Bonchev–Trinajstić information content (AvgIpc) is 3.66. The highest BCUT2D eigenvalue weighted by Crippen LogP contribution is 2.57. The van der Waals surface area contributed by atoms with Crippen LogP contribution in [0.2, 0.25) is 0 Å². The maximum absolute atomic E-state index is 2.53. The summed E-state index contributed by atoms with van der Waals surface area (Å²) in [5.74, 6) is 0. The Hall–Kier alpha value is -4.01. The van der Waals surface area contributed by atoms with Gasteiger partial charge in [-0.25, -0.2) is 0 Å². The number of nitrogens with zero attached hydrogens (tertiary/aromatic N) is 1. The van der Waals surface area contributed by atoms with Gasteiger partial charge in [-0.05, 0) is 76.6 Å². The van der Waals surface area contributed by atoms with Gasteiger partial charge in [0.15, 0.2) is 0 Å². The number of anilines is 2. The molecule has 40 heavy (non-hydrogen) atoms. The van der Waals surface area contributed by atoms with E-state index in [1.165, 1.54) is 72.2 Å². The monoisotopic (exact) mass is 533 g/mol. The van der Waals surface area contributed by atoms with Crippen molar-refractivity contribution in [1.82, 2.24) is 0 Å². The van der Waals surface area contributed by atoms with Crippen molar-refractivity contribution in [2.45, 2.75) is 30.8 Å². The first-order chi connectivity index (χ1) is 19.7. The third-order valence-corrected chi connectivity index (χ3v) is 10.7. The Morgan fingerprint density at radius 2 is 1.23 bits per heavy atom. The van der Waals surface area contributed by atoms with E-state index in [0.717, 1.165) is 13.0 Å². The number of fused-ring (bicyclic) bond motifs is 4. The highest BCUT2D eigenvalue weighted by Gasteiger charge is 2.34. The van der Waals surface area contributed by atoms with Gasteiger partial charge < -0.3 is 4.90 Å². The summed E-state index contributed by atoms with van der Waals surface area (Å²) < 4.78 is 0. The SMILES string of the molecule is CC1=Cc2c(-c3cccc4ccccc34)cccc2C1SC1C(C)=Cc2c1cccc2N1CCc2ccccc21. The second kappa shape index (κ2) is 9.28. The largest absolute Gasteiger partial charge is 0.340 e. The quantitative estimate of drug-likeness (QED) is 0.226. The van der Waals surface area contributed by atoms with E-state index in [2.05, 4.69) is 146 Å². The van der Waals surface area contributed by atoms with Crippen LogP contribution in [0.1, 0.15) is 52.2 Å². The van der Waals surface area contributed by atoms with Crippen LogP contribution in [-0.2, 0) is 6.42 Å². The fourth-order valence-electron chi connectivity index (χ4n) is 7.04. The molecule has 1 aliphatic heterocycles. The van der Waals surface area contributed by atoms with Crippen molar-refractivity contribution in [2.24, 2.45) is 0 Å². The number of rotatable bonds is 4. The molecule has 194 valence electrons. The molecule has 2 atom stereocenters. The van der Waals surface area contributed by atoms with Crippen LogP contribution in [0.25, 0.3) is 34.1 Å². The summed E-state index contributed by atoms with van der Waals surface area (Å²) in [4.78, 5) is 2.53. The highest BCUT2D eigenvalue weighted by atomic mass is 32.2. The van der Waals surface area contributed by atoms with Crippen molar-refractivity contribution < 1.29 is 0 Å². The standard InChI is InChI=1S/C38H31NS/c1-24-22-33-30(29-14-7-12-26-10-3-5-13-28(26)29)15-8-16-31(33)37(24)40-38-25(2)23-34-32(38)17-9-19-36(34)39-21-20-27-11-4-6-18-35(27)39/h3-19,22-23,37-38H,20-21H2,1-2H3. The van der Waals surface area contributed by atoms with Gasteiger partial charge in [0.25, 0.3) is 0 Å². The first-order valence-electron chi connectivity index (χ1n) is 14.3. The molecule has 0 fully saturated rings. The summed E-state index contributed by atoms with van der Waals surface area (Å²) in [6.07, 6.45) is 6.00. The molecule has 0 saturated heterocycles. The van der Waals surface area contributed by atoms with E-state index >= 15 is 0 Å². The summed E-state index contributed by atoms with van der Waals surface area (Å²) in [5.41, 5.74) is 15.4. The number of thioether (sulfide) groups is 1. The number of benzene rings is 5. The zero-order valence-corrected chi connectivity index (χ0v) is 23.7. The molecule has 5 aromatic carbocycles. The Balaban J connectivity index is 1.16. The van der Waals surface area contributed by atoms with Gasteiger partial charge in [0.2, 0.25) is 0 Å². The molecular formula is C38H31NS. The molecule has 2 aliphatic carbocycles. The van der Waals surface area contributed by atoms with Gasteiger partial charge in [0.05, 0.1) is 10.5 Å². The summed E-state index contributed by atoms with van der Waals surface area (Å²) >= 11 is 2.11. The van der Waals surface area contributed by atoms with E-state index < -0.39 is 0 Å². The lowest BCUT2D eigenvalue weighted by atomic mass is 9.93. The van der Waals surface area contributed by atoms with Crippen LogP contribution in [0.15, 0.2) is 114 Å². The Morgan fingerprint density at radius 3 is 2.10 bits per heavy atom. The van der Waals surface area contributed by atoms with Crippen LogP contribution in [0, 0.1) is 0 Å². The molecule has 0 saturated carbocycles. The summed E-state index contributed by atoms with van der Waals surface area (Å²) in [7, 11) is 0. The molecule has 8 rings (SSSR count). The lowest BCUT2D eigenvalue weighted by molar-refractivity contribution is 0.995. The van der Waals surface area contributed by atoms with Crippen molar-refractivity contribution in [2.75, 3.05) is 11.4 Å². The first kappa shape index (κ1) is 23.8. The minimum Gasteiger partial charge on any atom is -0.340 e. The molecular weight excluding hydrogens is 502 g/mol. The number of hydrogen-bond donors (Lipinski definition) is 0. The summed E-state index contributed by atoms with van der Waals surface area (Å²) in [5, 5.41) is 3.32. The molecule has 5 aromatic rings. The molecule has 0 aromatic heterocycles. The third kappa shape index (κ3) is 3.63. The van der Waals surface area contributed by atoms with Crippen LogP contribution in [0.4, 0.5) is 11.4 Å². The van der Waals surface area contributed by atoms with Crippen LogP contribution in [0.3, 0.4) is 0 Å². The maximum Gasteiger partial charge on any atom is 0.0523 e. The second-order valence-electron chi connectivity index (χ2n) is 11.3. The average molecular weight is 534 g/mol. The molecule has 1 nitrogen and oxygen atoms in total.